The summed E-state index contributed by atoms with van der Waals surface area (Å²) in [7, 11) is 0. The molecule has 3 fully saturated rings. The minimum absolute atomic E-state index is 0.0386. The molecule has 0 spiro atoms. The maximum Gasteiger partial charge on any atom is 0.408 e. The number of nitrogens with one attached hydrogen (secondary N) is 2. The molecule has 9 nitrogen and oxygen atoms in total. The molecule has 0 unspecified atom stereocenters. The fraction of sp³-hybridized carbons (Fsp3) is 0.733. The molecule has 1 saturated heterocycles. The van der Waals surface area contributed by atoms with E-state index >= 15 is 0 Å². The molecular formula is C30H41F4N5O4. The molecule has 2 aromatic heterocycles. The van der Waals surface area contributed by atoms with Crippen molar-refractivity contribution in [2.45, 2.75) is 108 Å². The van der Waals surface area contributed by atoms with Gasteiger partial charge in [-0.1, -0.05) is 0 Å². The van der Waals surface area contributed by atoms with Crippen molar-refractivity contribution in [2.75, 3.05) is 13.2 Å². The fourth-order valence-electron chi connectivity index (χ4n) is 6.44. The van der Waals surface area contributed by atoms with Gasteiger partial charge in [-0.05, 0) is 75.8 Å². The molecule has 0 aromatic carbocycles. The molecule has 5 rings (SSSR count). The highest BCUT2D eigenvalue weighted by molar-refractivity contribution is 5.77. The summed E-state index contributed by atoms with van der Waals surface area (Å²) in [4.78, 5) is 30.4. The minimum atomic E-state index is -2.73. The zero-order valence-corrected chi connectivity index (χ0v) is 24.9. The summed E-state index contributed by atoms with van der Waals surface area (Å²) in [6.07, 6.45) is 3.46. The van der Waals surface area contributed by atoms with Crippen LogP contribution in [0.5, 0.6) is 0 Å². The number of hydrogen-bond acceptors (Lipinski definition) is 6. The van der Waals surface area contributed by atoms with Gasteiger partial charge in [0, 0.05) is 45.3 Å². The maximum atomic E-state index is 14.0. The molecule has 2 saturated carbocycles. The number of carbonyl (C=O) groups is 2. The average molecular weight is 612 g/mol. The van der Waals surface area contributed by atoms with Crippen LogP contribution in [0, 0.1) is 17.8 Å². The Kier molecular flexibility index (Phi) is 8.93. The molecule has 0 bridgehead atoms. The number of nitrogens with zero attached hydrogens (tertiary/aromatic N) is 3. The van der Waals surface area contributed by atoms with E-state index < -0.39 is 35.6 Å². The Morgan fingerprint density at radius 1 is 1.02 bits per heavy atom. The first-order chi connectivity index (χ1) is 20.2. The third-order valence-electron chi connectivity index (χ3n) is 8.65. The van der Waals surface area contributed by atoms with Crippen LogP contribution in [0.3, 0.4) is 0 Å². The van der Waals surface area contributed by atoms with E-state index in [9.17, 15) is 27.2 Å². The van der Waals surface area contributed by atoms with Gasteiger partial charge in [0.1, 0.15) is 5.60 Å². The number of rotatable bonds is 8. The van der Waals surface area contributed by atoms with Crippen molar-refractivity contribution in [1.29, 1.82) is 0 Å². The molecule has 0 radical (unpaired) electrons. The van der Waals surface area contributed by atoms with E-state index in [2.05, 4.69) is 15.7 Å². The molecule has 1 aliphatic heterocycles. The number of alkyl carbamates (subject to hydrolysis) is 1. The van der Waals surface area contributed by atoms with Crippen LogP contribution >= 0.6 is 0 Å². The Balaban J connectivity index is 1.38. The normalized spacial score (nSPS) is 22.9. The highest BCUT2D eigenvalue weighted by Gasteiger charge is 2.46. The number of halogens is 4. The van der Waals surface area contributed by atoms with E-state index in [1.54, 1.807) is 37.7 Å². The smallest absolute Gasteiger partial charge is 0.408 e. The average Bonchev–Trinajstić information content (AvgIpc) is 3.32. The maximum absolute atomic E-state index is 14.0. The summed E-state index contributed by atoms with van der Waals surface area (Å²) < 4.78 is 67.1. The lowest BCUT2D eigenvalue weighted by Crippen LogP contribution is -2.41. The third-order valence-corrected chi connectivity index (χ3v) is 8.65. The van der Waals surface area contributed by atoms with E-state index in [1.807, 2.05) is 6.07 Å². The first kappa shape index (κ1) is 31.5. The molecule has 2 N–H and O–H groups in total. The summed E-state index contributed by atoms with van der Waals surface area (Å²) in [6.45, 7) is 6.33. The highest BCUT2D eigenvalue weighted by Crippen LogP contribution is 2.44. The predicted octanol–water partition coefficient (Wildman–Crippen LogP) is 6.14. The summed E-state index contributed by atoms with van der Waals surface area (Å²) in [5.74, 6) is -6.25. The van der Waals surface area contributed by atoms with Crippen molar-refractivity contribution in [3.05, 3.63) is 29.7 Å². The second kappa shape index (κ2) is 12.2. The molecule has 238 valence electrons. The van der Waals surface area contributed by atoms with E-state index in [0.717, 1.165) is 5.56 Å². The van der Waals surface area contributed by atoms with Crippen LogP contribution in [0.25, 0.3) is 5.65 Å². The number of alkyl halides is 4. The number of fused-ring (bicyclic) bond motifs is 1. The summed E-state index contributed by atoms with van der Waals surface area (Å²) >= 11 is 0. The lowest BCUT2D eigenvalue weighted by Gasteiger charge is -2.35. The fourth-order valence-corrected chi connectivity index (χ4v) is 6.44. The Morgan fingerprint density at radius 2 is 1.67 bits per heavy atom. The van der Waals surface area contributed by atoms with Crippen molar-refractivity contribution in [1.82, 2.24) is 25.2 Å². The van der Waals surface area contributed by atoms with Gasteiger partial charge in [0.15, 0.2) is 5.65 Å². The number of aromatic nitrogens is 3. The lowest BCUT2D eigenvalue weighted by molar-refractivity contribution is -0.134. The SMILES string of the molecule is CC(C)(C)OC(=O)N[C@H](c1cn2ncc([C@H](NC(=O)CC3CC(F)(F)C3)C3CCOCC3)cc2n1)C1CCC(F)(F)CC1. The summed E-state index contributed by atoms with van der Waals surface area (Å²) in [5, 5.41) is 10.5. The van der Waals surface area contributed by atoms with Crippen LogP contribution in [0.4, 0.5) is 22.4 Å². The number of amides is 2. The quantitative estimate of drug-likeness (QED) is 0.348. The molecule has 2 aromatic rings. The highest BCUT2D eigenvalue weighted by atomic mass is 19.3. The predicted molar refractivity (Wildman–Crippen MR) is 149 cm³/mol. The van der Waals surface area contributed by atoms with Gasteiger partial charge in [-0.15, -0.1) is 0 Å². The van der Waals surface area contributed by atoms with Crippen molar-refractivity contribution in [3.63, 3.8) is 0 Å². The van der Waals surface area contributed by atoms with Gasteiger partial charge in [-0.25, -0.2) is 31.9 Å². The number of hydrogen-bond donors (Lipinski definition) is 2. The zero-order chi connectivity index (χ0) is 31.0. The van der Waals surface area contributed by atoms with Gasteiger partial charge >= 0.3 is 6.09 Å². The Morgan fingerprint density at radius 3 is 2.30 bits per heavy atom. The molecule has 13 heteroatoms. The monoisotopic (exact) mass is 611 g/mol. The minimum Gasteiger partial charge on any atom is -0.444 e. The van der Waals surface area contributed by atoms with Gasteiger partial charge in [-0.2, -0.15) is 5.10 Å². The Labute approximate surface area is 248 Å². The van der Waals surface area contributed by atoms with Crippen LogP contribution in [-0.2, 0) is 14.3 Å². The second-order valence-electron chi connectivity index (χ2n) is 13.4. The number of imidazole rings is 1. The van der Waals surface area contributed by atoms with Crippen molar-refractivity contribution in [3.8, 4) is 0 Å². The van der Waals surface area contributed by atoms with Gasteiger partial charge < -0.3 is 20.1 Å². The van der Waals surface area contributed by atoms with Crippen LogP contribution in [0.1, 0.15) is 102 Å². The Bertz CT molecular complexity index is 1290. The standard InChI is InChI=1S/C30H41F4N5O4/c1-28(2,3)43-27(41)38-26(19-4-8-29(31,32)9-5-19)22-17-39-23(36-22)13-21(16-35-39)25(20-6-10-42-11-7-20)37-24(40)12-18-14-30(33,34)15-18/h13,16-20,25-26H,4-12,14-15H2,1-3H3,(H,37,40)(H,38,41)/t25-,26+/m1/s1. The van der Waals surface area contributed by atoms with Crippen molar-refractivity contribution in [2.24, 2.45) is 17.8 Å². The lowest BCUT2D eigenvalue weighted by atomic mass is 9.79. The first-order valence-corrected chi connectivity index (χ1v) is 15.1. The zero-order valence-electron chi connectivity index (χ0n) is 24.9. The molecule has 2 aliphatic carbocycles. The van der Waals surface area contributed by atoms with Gasteiger partial charge in [-0.3, -0.25) is 4.79 Å². The van der Waals surface area contributed by atoms with Crippen molar-refractivity contribution < 1.29 is 36.6 Å². The van der Waals surface area contributed by atoms with Crippen LogP contribution in [-0.4, -0.2) is 57.3 Å². The van der Waals surface area contributed by atoms with Gasteiger partial charge in [0.25, 0.3) is 0 Å². The Hall–Kier alpha value is -2.96. The molecule has 3 heterocycles. The topological polar surface area (TPSA) is 107 Å². The van der Waals surface area contributed by atoms with Crippen LogP contribution < -0.4 is 10.6 Å². The van der Waals surface area contributed by atoms with Gasteiger partial charge in [0.2, 0.25) is 17.8 Å². The van der Waals surface area contributed by atoms with Crippen LogP contribution in [0.15, 0.2) is 18.5 Å². The molecule has 43 heavy (non-hydrogen) atoms. The molecule has 3 aliphatic rings. The van der Waals surface area contributed by atoms with Crippen molar-refractivity contribution >= 4 is 17.6 Å². The second-order valence-corrected chi connectivity index (χ2v) is 13.4. The molecular weight excluding hydrogens is 570 g/mol. The van der Waals surface area contributed by atoms with Gasteiger partial charge in [0.05, 0.1) is 30.2 Å². The molecule has 2 amide bonds. The number of carbonyl (C=O) groups excluding carboxylic acids is 2. The van der Waals surface area contributed by atoms with E-state index in [4.69, 9.17) is 14.5 Å². The van der Waals surface area contributed by atoms with E-state index in [1.165, 1.54) is 0 Å². The largest absolute Gasteiger partial charge is 0.444 e. The summed E-state index contributed by atoms with van der Waals surface area (Å²) in [5.41, 5.74) is 0.919. The van der Waals surface area contributed by atoms with E-state index in [-0.39, 0.29) is 68.6 Å². The van der Waals surface area contributed by atoms with E-state index in [0.29, 0.717) is 37.4 Å². The first-order valence-electron chi connectivity index (χ1n) is 15.1. The molecule has 2 atom stereocenters. The number of ether oxygens (including phenoxy) is 2. The summed E-state index contributed by atoms with van der Waals surface area (Å²) in [6, 6.07) is 0.738. The van der Waals surface area contributed by atoms with Crippen LogP contribution in [0.2, 0.25) is 0 Å². The third kappa shape index (κ3) is 8.16.